The smallest absolute Gasteiger partial charge is 0.242 e. The molecular formula is C12H21N3O2S. The van der Waals surface area contributed by atoms with E-state index < -0.39 is 10.0 Å². The first-order valence-electron chi connectivity index (χ1n) is 6.20. The van der Waals surface area contributed by atoms with E-state index in [0.717, 1.165) is 25.0 Å². The Kier molecular flexibility index (Phi) is 3.53. The van der Waals surface area contributed by atoms with Crippen LogP contribution >= 0.6 is 0 Å². The number of nitrogens with zero attached hydrogens (tertiary/aromatic N) is 1. The second kappa shape index (κ2) is 4.68. The number of aromatic nitrogens is 1. The fourth-order valence-corrected chi connectivity index (χ4v) is 3.83. The van der Waals surface area contributed by atoms with E-state index in [1.165, 1.54) is 0 Å². The molecule has 0 amide bonds. The summed E-state index contributed by atoms with van der Waals surface area (Å²) in [6.07, 6.45) is 4.60. The molecule has 0 aliphatic heterocycles. The van der Waals surface area contributed by atoms with Gasteiger partial charge in [-0.25, -0.2) is 13.1 Å². The lowest BCUT2D eigenvalue weighted by molar-refractivity contribution is 0.248. The third-order valence-electron chi connectivity index (χ3n) is 3.59. The number of rotatable bonds is 5. The highest BCUT2D eigenvalue weighted by molar-refractivity contribution is 7.89. The first-order chi connectivity index (χ1) is 8.36. The molecule has 1 aromatic heterocycles. The van der Waals surface area contributed by atoms with Crippen molar-refractivity contribution in [1.82, 2.24) is 14.6 Å². The molecule has 6 heteroatoms. The van der Waals surface area contributed by atoms with E-state index in [2.05, 4.69) is 10.0 Å². The molecular weight excluding hydrogens is 250 g/mol. The quantitative estimate of drug-likeness (QED) is 0.838. The van der Waals surface area contributed by atoms with Crippen molar-refractivity contribution in [2.75, 3.05) is 7.05 Å². The molecule has 0 bridgehead atoms. The molecule has 0 aromatic carbocycles. The minimum Gasteiger partial charge on any atom is -0.352 e. The van der Waals surface area contributed by atoms with Crippen LogP contribution < -0.4 is 10.0 Å². The van der Waals surface area contributed by atoms with Crippen LogP contribution in [0.1, 0.15) is 31.9 Å². The predicted octanol–water partition coefficient (Wildman–Crippen LogP) is 0.965. The van der Waals surface area contributed by atoms with Crippen LogP contribution in [0, 0.1) is 0 Å². The normalized spacial score (nSPS) is 18.6. The maximum absolute atomic E-state index is 12.3. The summed E-state index contributed by atoms with van der Waals surface area (Å²) in [5.74, 6) is 0. The Hall–Kier alpha value is -0.850. The number of hydrogen-bond acceptors (Lipinski definition) is 3. The average molecular weight is 271 g/mol. The maximum Gasteiger partial charge on any atom is 0.242 e. The van der Waals surface area contributed by atoms with E-state index >= 15 is 0 Å². The van der Waals surface area contributed by atoms with Crippen molar-refractivity contribution in [2.24, 2.45) is 7.05 Å². The summed E-state index contributed by atoms with van der Waals surface area (Å²) in [6.45, 7) is 2.62. The molecule has 2 N–H and O–H groups in total. The van der Waals surface area contributed by atoms with Crippen molar-refractivity contribution in [3.8, 4) is 0 Å². The van der Waals surface area contributed by atoms with E-state index in [1.54, 1.807) is 12.3 Å². The van der Waals surface area contributed by atoms with Gasteiger partial charge in [-0.3, -0.25) is 0 Å². The molecule has 0 radical (unpaired) electrons. The van der Waals surface area contributed by atoms with E-state index in [9.17, 15) is 8.42 Å². The zero-order valence-corrected chi connectivity index (χ0v) is 12.0. The van der Waals surface area contributed by atoms with Gasteiger partial charge in [-0.2, -0.15) is 0 Å². The topological polar surface area (TPSA) is 63.1 Å². The van der Waals surface area contributed by atoms with Crippen LogP contribution in [0.25, 0.3) is 0 Å². The van der Waals surface area contributed by atoms with Gasteiger partial charge >= 0.3 is 0 Å². The molecule has 0 atom stereocenters. The Bertz CT molecular complexity index is 530. The van der Waals surface area contributed by atoms with Gasteiger partial charge in [0, 0.05) is 31.0 Å². The first-order valence-corrected chi connectivity index (χ1v) is 7.68. The lowest BCUT2D eigenvalue weighted by Crippen LogP contribution is -2.50. The molecule has 1 aromatic rings. The summed E-state index contributed by atoms with van der Waals surface area (Å²) < 4.78 is 29.2. The van der Waals surface area contributed by atoms with E-state index in [4.69, 9.17) is 0 Å². The lowest BCUT2D eigenvalue weighted by Gasteiger charge is -2.38. The van der Waals surface area contributed by atoms with Crippen molar-refractivity contribution in [2.45, 2.75) is 43.2 Å². The highest BCUT2D eigenvalue weighted by Crippen LogP contribution is 2.32. The third kappa shape index (κ3) is 2.60. The number of aryl methyl sites for hydroxylation is 1. The summed E-state index contributed by atoms with van der Waals surface area (Å²) in [5.41, 5.74) is 0.703. The van der Waals surface area contributed by atoms with Gasteiger partial charge in [0.05, 0.1) is 4.90 Å². The van der Waals surface area contributed by atoms with Gasteiger partial charge in [-0.1, -0.05) is 0 Å². The first kappa shape index (κ1) is 13.6. The molecule has 102 valence electrons. The Morgan fingerprint density at radius 2 is 2.11 bits per heavy atom. The summed E-state index contributed by atoms with van der Waals surface area (Å²) in [5, 5.41) is 3.02. The molecule has 1 fully saturated rings. The Morgan fingerprint density at radius 3 is 2.61 bits per heavy atom. The molecule has 1 aliphatic carbocycles. The largest absolute Gasteiger partial charge is 0.352 e. The van der Waals surface area contributed by atoms with Crippen LogP contribution in [0.2, 0.25) is 0 Å². The van der Waals surface area contributed by atoms with Crippen molar-refractivity contribution < 1.29 is 8.42 Å². The van der Waals surface area contributed by atoms with Crippen LogP contribution in [-0.2, 0) is 23.6 Å². The molecule has 1 aliphatic rings. The second-order valence-corrected chi connectivity index (χ2v) is 7.01. The van der Waals surface area contributed by atoms with Gasteiger partial charge in [0.1, 0.15) is 0 Å². The molecule has 1 saturated carbocycles. The zero-order chi connectivity index (χ0) is 13.4. The van der Waals surface area contributed by atoms with Gasteiger partial charge in [-0.15, -0.1) is 0 Å². The second-order valence-electron chi connectivity index (χ2n) is 5.33. The van der Waals surface area contributed by atoms with Crippen LogP contribution in [0.15, 0.2) is 17.2 Å². The Balaban J connectivity index is 2.21. The molecule has 1 heterocycles. The van der Waals surface area contributed by atoms with E-state index in [1.807, 2.05) is 25.6 Å². The minimum absolute atomic E-state index is 0.252. The SMILES string of the molecule is CNCc1cc(S(=O)(=O)NC2(C)CCC2)cn1C. The fraction of sp³-hybridized carbons (Fsp3) is 0.667. The van der Waals surface area contributed by atoms with Gasteiger partial charge in [0.15, 0.2) is 0 Å². The molecule has 0 saturated heterocycles. The van der Waals surface area contributed by atoms with Crippen LogP contribution in [0.3, 0.4) is 0 Å². The molecule has 2 rings (SSSR count). The summed E-state index contributed by atoms with van der Waals surface area (Å²) in [6, 6.07) is 1.72. The standard InChI is InChI=1S/C12H21N3O2S/c1-12(5-4-6-12)14-18(16,17)11-7-10(8-13-2)15(3)9-11/h7,9,13-14H,4-6,8H2,1-3H3. The lowest BCUT2D eigenvalue weighted by atomic mass is 9.80. The maximum atomic E-state index is 12.3. The molecule has 0 unspecified atom stereocenters. The Morgan fingerprint density at radius 1 is 1.44 bits per heavy atom. The highest BCUT2D eigenvalue weighted by Gasteiger charge is 2.36. The van der Waals surface area contributed by atoms with Crippen molar-refractivity contribution in [3.05, 3.63) is 18.0 Å². The van der Waals surface area contributed by atoms with E-state index in [-0.39, 0.29) is 5.54 Å². The third-order valence-corrected chi connectivity index (χ3v) is 5.19. The van der Waals surface area contributed by atoms with Gasteiger partial charge in [0.25, 0.3) is 0 Å². The number of nitrogens with one attached hydrogen (secondary N) is 2. The van der Waals surface area contributed by atoms with Gasteiger partial charge in [-0.05, 0) is 39.3 Å². The van der Waals surface area contributed by atoms with E-state index in [0.29, 0.717) is 11.4 Å². The summed E-state index contributed by atoms with van der Waals surface area (Å²) in [4.78, 5) is 0.350. The van der Waals surface area contributed by atoms with Crippen molar-refractivity contribution >= 4 is 10.0 Å². The average Bonchev–Trinajstić information content (AvgIpc) is 2.59. The summed E-state index contributed by atoms with van der Waals surface area (Å²) in [7, 11) is 0.303. The predicted molar refractivity (Wildman–Crippen MR) is 70.8 cm³/mol. The number of sulfonamides is 1. The number of hydrogen-bond donors (Lipinski definition) is 2. The fourth-order valence-electron chi connectivity index (χ4n) is 2.27. The Labute approximate surface area is 109 Å². The van der Waals surface area contributed by atoms with Crippen LogP contribution in [-0.4, -0.2) is 25.6 Å². The van der Waals surface area contributed by atoms with Crippen LogP contribution in [0.5, 0.6) is 0 Å². The van der Waals surface area contributed by atoms with Gasteiger partial charge < -0.3 is 9.88 Å². The van der Waals surface area contributed by atoms with Crippen molar-refractivity contribution in [1.29, 1.82) is 0 Å². The van der Waals surface area contributed by atoms with Crippen LogP contribution in [0.4, 0.5) is 0 Å². The molecule has 0 spiro atoms. The molecule has 18 heavy (non-hydrogen) atoms. The highest BCUT2D eigenvalue weighted by atomic mass is 32.2. The van der Waals surface area contributed by atoms with Crippen molar-refractivity contribution in [3.63, 3.8) is 0 Å². The zero-order valence-electron chi connectivity index (χ0n) is 11.2. The summed E-state index contributed by atoms with van der Waals surface area (Å²) >= 11 is 0. The minimum atomic E-state index is -3.40. The molecule has 5 nitrogen and oxygen atoms in total. The monoisotopic (exact) mass is 271 g/mol. The van der Waals surface area contributed by atoms with Gasteiger partial charge in [0.2, 0.25) is 10.0 Å².